The topological polar surface area (TPSA) is 20.2 Å². The molecule has 0 aliphatic carbocycles. The Kier molecular flexibility index (Phi) is 2.08. The molecule has 0 radical (unpaired) electrons. The lowest BCUT2D eigenvalue weighted by Crippen LogP contribution is -1.87. The summed E-state index contributed by atoms with van der Waals surface area (Å²) in [5.74, 6) is -2.18. The minimum atomic E-state index is -0.999. The van der Waals surface area contributed by atoms with E-state index in [9.17, 15) is 8.78 Å². The summed E-state index contributed by atoms with van der Waals surface area (Å²) in [6.45, 7) is 0. The summed E-state index contributed by atoms with van der Waals surface area (Å²) in [6, 6.07) is 1.99. The van der Waals surface area contributed by atoms with Gasteiger partial charge in [0.05, 0.1) is 3.57 Å². The lowest BCUT2D eigenvalue weighted by Gasteiger charge is -1.97. The van der Waals surface area contributed by atoms with Gasteiger partial charge in [-0.1, -0.05) is 0 Å². The number of hydrogen-bond acceptors (Lipinski definition) is 1. The van der Waals surface area contributed by atoms with E-state index in [2.05, 4.69) is 0 Å². The van der Waals surface area contributed by atoms with Gasteiger partial charge < -0.3 is 5.11 Å². The lowest BCUT2D eigenvalue weighted by molar-refractivity contribution is 0.447. The molecule has 0 saturated carbocycles. The van der Waals surface area contributed by atoms with Gasteiger partial charge in [-0.15, -0.1) is 0 Å². The standard InChI is InChI=1S/C6H3F2IO/c7-3-1-2-4(10)6(9)5(3)8/h1-2,10H. The van der Waals surface area contributed by atoms with Crippen molar-refractivity contribution in [2.24, 2.45) is 0 Å². The van der Waals surface area contributed by atoms with Crippen LogP contribution in [-0.4, -0.2) is 5.11 Å². The zero-order chi connectivity index (χ0) is 7.72. The van der Waals surface area contributed by atoms with Crippen LogP contribution in [0.15, 0.2) is 12.1 Å². The summed E-state index contributed by atoms with van der Waals surface area (Å²) < 4.78 is 24.6. The molecule has 1 aromatic rings. The summed E-state index contributed by atoms with van der Waals surface area (Å²) >= 11 is 1.53. The zero-order valence-corrected chi connectivity index (χ0v) is 6.89. The van der Waals surface area contributed by atoms with E-state index < -0.39 is 11.6 Å². The summed E-state index contributed by atoms with van der Waals surface area (Å²) in [4.78, 5) is 0. The first-order valence-corrected chi connectivity index (χ1v) is 3.53. The van der Waals surface area contributed by atoms with Gasteiger partial charge in [0.1, 0.15) is 5.75 Å². The van der Waals surface area contributed by atoms with E-state index in [1.807, 2.05) is 0 Å². The molecule has 1 rings (SSSR count). The van der Waals surface area contributed by atoms with Crippen LogP contribution in [0.5, 0.6) is 5.75 Å². The van der Waals surface area contributed by atoms with Crippen LogP contribution in [0.2, 0.25) is 0 Å². The molecule has 1 aromatic carbocycles. The molecule has 0 amide bonds. The fourth-order valence-electron chi connectivity index (χ4n) is 0.516. The first kappa shape index (κ1) is 7.71. The normalized spacial score (nSPS) is 9.90. The molecule has 1 nitrogen and oxygen atoms in total. The molecule has 4 heteroatoms. The molecule has 1 N–H and O–H groups in total. The first-order chi connectivity index (χ1) is 4.63. The second-order valence-corrected chi connectivity index (χ2v) is 2.77. The van der Waals surface area contributed by atoms with E-state index in [1.54, 1.807) is 0 Å². The Morgan fingerprint density at radius 3 is 2.40 bits per heavy atom. The van der Waals surface area contributed by atoms with Crippen molar-refractivity contribution in [2.45, 2.75) is 0 Å². The number of halogens is 3. The van der Waals surface area contributed by atoms with E-state index in [0.29, 0.717) is 0 Å². The molecular weight excluding hydrogens is 253 g/mol. The molecule has 0 unspecified atom stereocenters. The third-order valence-electron chi connectivity index (χ3n) is 1.01. The zero-order valence-electron chi connectivity index (χ0n) is 4.74. The van der Waals surface area contributed by atoms with Crippen LogP contribution in [0, 0.1) is 15.2 Å². The van der Waals surface area contributed by atoms with Gasteiger partial charge in [0.2, 0.25) is 0 Å². The minimum Gasteiger partial charge on any atom is -0.507 e. The monoisotopic (exact) mass is 256 g/mol. The van der Waals surface area contributed by atoms with Gasteiger partial charge in [-0.3, -0.25) is 0 Å². The highest BCUT2D eigenvalue weighted by molar-refractivity contribution is 14.1. The van der Waals surface area contributed by atoms with Crippen molar-refractivity contribution in [3.63, 3.8) is 0 Å². The van der Waals surface area contributed by atoms with Gasteiger partial charge in [0.15, 0.2) is 11.6 Å². The Morgan fingerprint density at radius 2 is 1.90 bits per heavy atom. The average molecular weight is 256 g/mol. The third kappa shape index (κ3) is 1.21. The molecule has 0 saturated heterocycles. The Morgan fingerprint density at radius 1 is 1.30 bits per heavy atom. The maximum Gasteiger partial charge on any atom is 0.175 e. The van der Waals surface area contributed by atoms with Gasteiger partial charge in [0.25, 0.3) is 0 Å². The van der Waals surface area contributed by atoms with Crippen LogP contribution in [0.3, 0.4) is 0 Å². The number of hydrogen-bond donors (Lipinski definition) is 1. The molecule has 0 aliphatic heterocycles. The predicted octanol–water partition coefficient (Wildman–Crippen LogP) is 2.28. The van der Waals surface area contributed by atoms with E-state index in [0.717, 1.165) is 12.1 Å². The maximum absolute atomic E-state index is 12.4. The highest BCUT2D eigenvalue weighted by atomic mass is 127. The van der Waals surface area contributed by atoms with Crippen LogP contribution in [0.4, 0.5) is 8.78 Å². The summed E-state index contributed by atoms with van der Waals surface area (Å²) in [5.41, 5.74) is 0. The van der Waals surface area contributed by atoms with Crippen molar-refractivity contribution >= 4 is 22.6 Å². The second kappa shape index (κ2) is 2.69. The fourth-order valence-corrected chi connectivity index (χ4v) is 0.953. The second-order valence-electron chi connectivity index (χ2n) is 1.69. The van der Waals surface area contributed by atoms with Gasteiger partial charge >= 0.3 is 0 Å². The highest BCUT2D eigenvalue weighted by Crippen LogP contribution is 2.23. The molecule has 0 aromatic heterocycles. The summed E-state index contributed by atoms with van der Waals surface area (Å²) in [6.07, 6.45) is 0. The van der Waals surface area contributed by atoms with Crippen molar-refractivity contribution in [3.05, 3.63) is 27.3 Å². The van der Waals surface area contributed by atoms with Crippen molar-refractivity contribution < 1.29 is 13.9 Å². The SMILES string of the molecule is Oc1ccc(F)c(F)c1I. The van der Waals surface area contributed by atoms with Crippen LogP contribution in [-0.2, 0) is 0 Å². The number of benzene rings is 1. The van der Waals surface area contributed by atoms with Gasteiger partial charge in [-0.25, -0.2) is 8.78 Å². The highest BCUT2D eigenvalue weighted by Gasteiger charge is 2.08. The van der Waals surface area contributed by atoms with Crippen molar-refractivity contribution in [3.8, 4) is 5.75 Å². The molecule has 0 bridgehead atoms. The average Bonchev–Trinajstić information content (AvgIpc) is 1.93. The van der Waals surface area contributed by atoms with Gasteiger partial charge in [-0.05, 0) is 34.7 Å². The molecule has 0 heterocycles. The Labute approximate surface area is 69.8 Å². The quantitative estimate of drug-likeness (QED) is 0.557. The fraction of sp³-hybridized carbons (Fsp3) is 0. The Bertz CT molecular complexity index is 235. The number of phenolic OH excluding ortho intramolecular Hbond substituents is 1. The van der Waals surface area contributed by atoms with Crippen LogP contribution in [0.25, 0.3) is 0 Å². The number of phenols is 1. The van der Waals surface area contributed by atoms with E-state index >= 15 is 0 Å². The third-order valence-corrected chi connectivity index (χ3v) is 2.04. The molecule has 10 heavy (non-hydrogen) atoms. The first-order valence-electron chi connectivity index (χ1n) is 2.45. The molecular formula is C6H3F2IO. The van der Waals surface area contributed by atoms with Crippen molar-refractivity contribution in [1.82, 2.24) is 0 Å². The smallest absolute Gasteiger partial charge is 0.175 e. The molecule has 0 aliphatic rings. The van der Waals surface area contributed by atoms with Gasteiger partial charge in [0, 0.05) is 0 Å². The molecule has 0 spiro atoms. The van der Waals surface area contributed by atoms with Gasteiger partial charge in [-0.2, -0.15) is 0 Å². The van der Waals surface area contributed by atoms with Crippen LogP contribution >= 0.6 is 22.6 Å². The van der Waals surface area contributed by atoms with Crippen molar-refractivity contribution in [2.75, 3.05) is 0 Å². The summed E-state index contributed by atoms with van der Waals surface area (Å²) in [5, 5.41) is 8.81. The Balaban J connectivity index is 3.34. The Hall–Kier alpha value is -0.390. The summed E-state index contributed by atoms with van der Waals surface area (Å²) in [7, 11) is 0. The van der Waals surface area contributed by atoms with E-state index in [-0.39, 0.29) is 9.32 Å². The van der Waals surface area contributed by atoms with Crippen LogP contribution in [0.1, 0.15) is 0 Å². The maximum atomic E-state index is 12.4. The number of rotatable bonds is 0. The van der Waals surface area contributed by atoms with Crippen molar-refractivity contribution in [1.29, 1.82) is 0 Å². The molecule has 0 fully saturated rings. The minimum absolute atomic E-state index is 0.0856. The number of aromatic hydroxyl groups is 1. The molecule has 0 atom stereocenters. The van der Waals surface area contributed by atoms with E-state index in [1.165, 1.54) is 22.6 Å². The lowest BCUT2D eigenvalue weighted by atomic mass is 10.3. The predicted molar refractivity (Wildman–Crippen MR) is 40.7 cm³/mol. The molecule has 54 valence electrons. The largest absolute Gasteiger partial charge is 0.507 e. The van der Waals surface area contributed by atoms with E-state index in [4.69, 9.17) is 5.11 Å². The van der Waals surface area contributed by atoms with Crippen LogP contribution < -0.4 is 0 Å².